The Kier molecular flexibility index (Phi) is 6.22. The van der Waals surface area contributed by atoms with Crippen LogP contribution >= 0.6 is 0 Å². The lowest BCUT2D eigenvalue weighted by Gasteiger charge is -2.12. The van der Waals surface area contributed by atoms with E-state index in [4.69, 9.17) is 9.84 Å². The number of hydrogen-bond acceptors (Lipinski definition) is 3. The quantitative estimate of drug-likeness (QED) is 0.698. The summed E-state index contributed by atoms with van der Waals surface area (Å²) in [5.74, 6) is -0.379. The van der Waals surface area contributed by atoms with Crippen molar-refractivity contribution in [3.63, 3.8) is 0 Å². The van der Waals surface area contributed by atoms with Crippen LogP contribution in [0.3, 0.4) is 0 Å². The van der Waals surface area contributed by atoms with Gasteiger partial charge in [-0.05, 0) is 30.7 Å². The van der Waals surface area contributed by atoms with Crippen molar-refractivity contribution in [3.05, 3.63) is 29.8 Å². The van der Waals surface area contributed by atoms with Gasteiger partial charge in [0.1, 0.15) is 12.4 Å². The molecule has 1 aromatic carbocycles. The number of carboxylic acid groups (broad SMARTS) is 1. The third-order valence-electron chi connectivity index (χ3n) is 2.68. The Morgan fingerprint density at radius 3 is 2.50 bits per heavy atom. The summed E-state index contributed by atoms with van der Waals surface area (Å²) in [6, 6.07) is 6.17. The summed E-state index contributed by atoms with van der Waals surface area (Å²) < 4.78 is 5.39. The summed E-state index contributed by atoms with van der Waals surface area (Å²) in [5, 5.41) is 18.4. The predicted octanol–water partition coefficient (Wildman–Crippen LogP) is 2.70. The molecule has 0 spiro atoms. The first kappa shape index (κ1) is 14.5. The van der Waals surface area contributed by atoms with Crippen molar-refractivity contribution in [2.45, 2.75) is 38.7 Å². The Morgan fingerprint density at radius 2 is 1.94 bits per heavy atom. The number of ether oxygens (including phenoxy) is 1. The molecule has 0 heterocycles. The fraction of sp³-hybridized carbons (Fsp3) is 0.500. The number of carbonyl (C=O) groups is 1. The molecule has 1 unspecified atom stereocenters. The maximum Gasteiger partial charge on any atom is 0.335 e. The van der Waals surface area contributed by atoms with Crippen LogP contribution in [0.25, 0.3) is 0 Å². The molecule has 100 valence electrons. The highest BCUT2D eigenvalue weighted by Gasteiger charge is 2.06. The van der Waals surface area contributed by atoms with Gasteiger partial charge in [-0.1, -0.05) is 26.2 Å². The Morgan fingerprint density at radius 1 is 1.28 bits per heavy atom. The van der Waals surface area contributed by atoms with Crippen LogP contribution in [0.2, 0.25) is 0 Å². The van der Waals surface area contributed by atoms with Crippen LogP contribution in [0.15, 0.2) is 24.3 Å². The first-order valence-corrected chi connectivity index (χ1v) is 6.27. The van der Waals surface area contributed by atoms with Gasteiger partial charge >= 0.3 is 5.97 Å². The second kappa shape index (κ2) is 7.71. The molecule has 1 aromatic rings. The Labute approximate surface area is 107 Å². The number of rotatable bonds is 8. The van der Waals surface area contributed by atoms with Gasteiger partial charge in [-0.2, -0.15) is 0 Å². The summed E-state index contributed by atoms with van der Waals surface area (Å²) in [7, 11) is 0. The molecule has 0 aromatic heterocycles. The number of aliphatic hydroxyl groups excluding tert-OH is 1. The van der Waals surface area contributed by atoms with Gasteiger partial charge in [-0.3, -0.25) is 0 Å². The zero-order chi connectivity index (χ0) is 13.4. The number of benzene rings is 1. The van der Waals surface area contributed by atoms with Gasteiger partial charge < -0.3 is 14.9 Å². The molecule has 1 atom stereocenters. The van der Waals surface area contributed by atoms with Crippen LogP contribution in [0.4, 0.5) is 0 Å². The van der Waals surface area contributed by atoms with E-state index in [1.54, 1.807) is 12.1 Å². The molecule has 4 nitrogen and oxygen atoms in total. The lowest BCUT2D eigenvalue weighted by atomic mass is 10.1. The van der Waals surface area contributed by atoms with E-state index in [2.05, 4.69) is 6.92 Å². The normalized spacial score (nSPS) is 12.1. The Hall–Kier alpha value is -1.55. The van der Waals surface area contributed by atoms with E-state index in [1.165, 1.54) is 12.1 Å². The largest absolute Gasteiger partial charge is 0.491 e. The second-order valence-electron chi connectivity index (χ2n) is 4.29. The molecule has 0 saturated heterocycles. The van der Waals surface area contributed by atoms with Crippen LogP contribution in [0.5, 0.6) is 5.75 Å². The summed E-state index contributed by atoms with van der Waals surface area (Å²) >= 11 is 0. The molecule has 18 heavy (non-hydrogen) atoms. The highest BCUT2D eigenvalue weighted by molar-refractivity contribution is 5.87. The molecule has 0 fully saturated rings. The summed E-state index contributed by atoms with van der Waals surface area (Å²) in [6.07, 6.45) is 3.52. The summed E-state index contributed by atoms with van der Waals surface area (Å²) in [4.78, 5) is 10.6. The van der Waals surface area contributed by atoms with E-state index in [9.17, 15) is 9.90 Å². The molecule has 0 aliphatic heterocycles. The minimum absolute atomic E-state index is 0.228. The molecule has 0 bridgehead atoms. The van der Waals surface area contributed by atoms with Crippen LogP contribution in [-0.2, 0) is 0 Å². The topological polar surface area (TPSA) is 66.8 Å². The zero-order valence-electron chi connectivity index (χ0n) is 10.6. The van der Waals surface area contributed by atoms with Crippen LogP contribution in [0.1, 0.15) is 43.0 Å². The molecule has 0 saturated carbocycles. The molecular weight excluding hydrogens is 232 g/mol. The van der Waals surface area contributed by atoms with E-state index in [1.807, 2.05) is 0 Å². The molecule has 4 heteroatoms. The van der Waals surface area contributed by atoms with Gasteiger partial charge in [-0.15, -0.1) is 0 Å². The monoisotopic (exact) mass is 252 g/mol. The lowest BCUT2D eigenvalue weighted by Crippen LogP contribution is -2.17. The highest BCUT2D eigenvalue weighted by Crippen LogP contribution is 2.13. The standard InChI is InChI=1S/C14H20O4/c1-2-3-4-5-12(15)10-18-13-8-6-11(7-9-13)14(16)17/h6-9,12,15H,2-5,10H2,1H3,(H,16,17). The molecule has 1 rings (SSSR count). The SMILES string of the molecule is CCCCCC(O)COc1ccc(C(=O)O)cc1. The van der Waals surface area contributed by atoms with Crippen molar-refractivity contribution in [2.24, 2.45) is 0 Å². The Balaban J connectivity index is 2.32. The maximum atomic E-state index is 10.6. The number of aliphatic hydroxyl groups is 1. The van der Waals surface area contributed by atoms with Gasteiger partial charge in [0.05, 0.1) is 11.7 Å². The maximum absolute atomic E-state index is 10.6. The first-order chi connectivity index (χ1) is 8.63. The summed E-state index contributed by atoms with van der Waals surface area (Å²) in [6.45, 7) is 2.36. The predicted molar refractivity (Wildman–Crippen MR) is 69.0 cm³/mol. The van der Waals surface area contributed by atoms with E-state index in [0.29, 0.717) is 5.75 Å². The van der Waals surface area contributed by atoms with Gasteiger partial charge in [0, 0.05) is 0 Å². The minimum Gasteiger partial charge on any atom is -0.491 e. The number of carboxylic acids is 1. The first-order valence-electron chi connectivity index (χ1n) is 6.27. The highest BCUT2D eigenvalue weighted by atomic mass is 16.5. The third-order valence-corrected chi connectivity index (χ3v) is 2.68. The van der Waals surface area contributed by atoms with E-state index < -0.39 is 12.1 Å². The van der Waals surface area contributed by atoms with Gasteiger partial charge in [-0.25, -0.2) is 4.79 Å². The smallest absolute Gasteiger partial charge is 0.335 e. The fourth-order valence-electron chi connectivity index (χ4n) is 1.60. The molecule has 0 radical (unpaired) electrons. The van der Waals surface area contributed by atoms with Crippen molar-refractivity contribution in [1.82, 2.24) is 0 Å². The average Bonchev–Trinajstić information content (AvgIpc) is 2.37. The molecule has 0 amide bonds. The van der Waals surface area contributed by atoms with Gasteiger partial charge in [0.15, 0.2) is 0 Å². The number of hydrogen-bond donors (Lipinski definition) is 2. The number of aromatic carboxylic acids is 1. The van der Waals surface area contributed by atoms with Crippen molar-refractivity contribution < 1.29 is 19.7 Å². The van der Waals surface area contributed by atoms with Gasteiger partial charge in [0.25, 0.3) is 0 Å². The van der Waals surface area contributed by atoms with Crippen molar-refractivity contribution >= 4 is 5.97 Å². The van der Waals surface area contributed by atoms with E-state index in [-0.39, 0.29) is 12.2 Å². The van der Waals surface area contributed by atoms with Crippen molar-refractivity contribution in [2.75, 3.05) is 6.61 Å². The van der Waals surface area contributed by atoms with Crippen LogP contribution in [0, 0.1) is 0 Å². The van der Waals surface area contributed by atoms with Crippen molar-refractivity contribution in [1.29, 1.82) is 0 Å². The third kappa shape index (κ3) is 5.19. The van der Waals surface area contributed by atoms with Crippen LogP contribution in [-0.4, -0.2) is 28.9 Å². The minimum atomic E-state index is -0.957. The fourth-order valence-corrected chi connectivity index (χ4v) is 1.60. The van der Waals surface area contributed by atoms with E-state index in [0.717, 1.165) is 25.7 Å². The lowest BCUT2D eigenvalue weighted by molar-refractivity contribution is 0.0696. The molecular formula is C14H20O4. The second-order valence-corrected chi connectivity index (χ2v) is 4.29. The molecule has 2 N–H and O–H groups in total. The van der Waals surface area contributed by atoms with Crippen molar-refractivity contribution in [3.8, 4) is 5.75 Å². The van der Waals surface area contributed by atoms with Gasteiger partial charge in [0.2, 0.25) is 0 Å². The summed E-state index contributed by atoms with van der Waals surface area (Å²) in [5.41, 5.74) is 0.228. The average molecular weight is 252 g/mol. The molecule has 0 aliphatic carbocycles. The van der Waals surface area contributed by atoms with E-state index >= 15 is 0 Å². The zero-order valence-corrected chi connectivity index (χ0v) is 10.6. The van der Waals surface area contributed by atoms with Crippen LogP contribution < -0.4 is 4.74 Å². The Bertz CT molecular complexity index is 359. The number of unbranched alkanes of at least 4 members (excludes halogenated alkanes) is 2. The molecule has 0 aliphatic rings.